The van der Waals surface area contributed by atoms with Crippen molar-refractivity contribution >= 4 is 21.7 Å². The molecule has 0 aliphatic carbocycles. The first-order valence-electron chi connectivity index (χ1n) is 5.63. The molecule has 1 aromatic carbocycles. The fraction of sp³-hybridized carbons (Fsp3) is 0.333. The summed E-state index contributed by atoms with van der Waals surface area (Å²) in [5.74, 6) is -1.38. The highest BCUT2D eigenvalue weighted by Gasteiger charge is 2.19. The second kappa shape index (κ2) is 6.38. The smallest absolute Gasteiger partial charge is 0.329 e. The summed E-state index contributed by atoms with van der Waals surface area (Å²) in [6, 6.07) is 4.39. The lowest BCUT2D eigenvalue weighted by atomic mass is 10.3. The summed E-state index contributed by atoms with van der Waals surface area (Å²) in [4.78, 5) is 21.8. The molecule has 1 unspecified atom stereocenters. The van der Waals surface area contributed by atoms with Gasteiger partial charge in [0.1, 0.15) is 12.4 Å². The van der Waals surface area contributed by atoms with Crippen LogP contribution in [0.4, 0.5) is 0 Å². The topological polar surface area (TPSA) is 110 Å². The van der Waals surface area contributed by atoms with Crippen LogP contribution in [0.2, 0.25) is 0 Å². The standard InChI is InChI=1S/C12H15NO6S/c1-8(14)13-11(12(15)16)7-19-9-3-5-10(6-4-9)20(2,17)18/h3-6,11H,7H2,1-2H3,(H,13,14)(H,15,16). The number of amides is 1. The Morgan fingerprint density at radius 2 is 1.85 bits per heavy atom. The van der Waals surface area contributed by atoms with Crippen LogP contribution >= 0.6 is 0 Å². The molecule has 2 N–H and O–H groups in total. The van der Waals surface area contributed by atoms with Gasteiger partial charge in [-0.3, -0.25) is 4.79 Å². The van der Waals surface area contributed by atoms with E-state index >= 15 is 0 Å². The van der Waals surface area contributed by atoms with Crippen molar-refractivity contribution < 1.29 is 27.9 Å². The predicted octanol–water partition coefficient (Wildman–Crippen LogP) is 0.0582. The molecule has 1 rings (SSSR count). The van der Waals surface area contributed by atoms with Gasteiger partial charge in [0.2, 0.25) is 5.91 Å². The predicted molar refractivity (Wildman–Crippen MR) is 70.3 cm³/mol. The van der Waals surface area contributed by atoms with E-state index in [1.165, 1.54) is 31.2 Å². The molecule has 0 heterocycles. The minimum absolute atomic E-state index is 0.140. The molecule has 0 aliphatic rings. The van der Waals surface area contributed by atoms with Crippen molar-refractivity contribution in [3.63, 3.8) is 0 Å². The van der Waals surface area contributed by atoms with Crippen LogP contribution < -0.4 is 10.1 Å². The monoisotopic (exact) mass is 301 g/mol. The van der Waals surface area contributed by atoms with Crippen molar-refractivity contribution in [2.75, 3.05) is 12.9 Å². The first-order chi connectivity index (χ1) is 9.20. The summed E-state index contributed by atoms with van der Waals surface area (Å²) in [6.07, 6.45) is 1.08. The van der Waals surface area contributed by atoms with Gasteiger partial charge in [0.05, 0.1) is 4.90 Å². The van der Waals surface area contributed by atoms with E-state index in [0.29, 0.717) is 5.75 Å². The van der Waals surface area contributed by atoms with E-state index in [0.717, 1.165) is 6.26 Å². The van der Waals surface area contributed by atoms with Crippen molar-refractivity contribution in [2.45, 2.75) is 17.9 Å². The molecule has 0 saturated carbocycles. The number of hydrogen-bond acceptors (Lipinski definition) is 5. The van der Waals surface area contributed by atoms with Crippen LogP contribution in [0.25, 0.3) is 0 Å². The molecular weight excluding hydrogens is 286 g/mol. The molecular formula is C12H15NO6S. The molecule has 0 fully saturated rings. The number of nitrogens with one attached hydrogen (secondary N) is 1. The Kier molecular flexibility index (Phi) is 5.09. The van der Waals surface area contributed by atoms with Gasteiger partial charge in [0.15, 0.2) is 15.9 Å². The number of rotatable bonds is 6. The Hall–Kier alpha value is -2.09. The third kappa shape index (κ3) is 4.88. The van der Waals surface area contributed by atoms with E-state index in [4.69, 9.17) is 9.84 Å². The molecule has 1 atom stereocenters. The molecule has 0 radical (unpaired) electrons. The van der Waals surface area contributed by atoms with Crippen molar-refractivity contribution in [1.82, 2.24) is 5.32 Å². The molecule has 110 valence electrons. The van der Waals surface area contributed by atoms with E-state index in [9.17, 15) is 18.0 Å². The molecule has 1 aromatic rings. The largest absolute Gasteiger partial charge is 0.491 e. The van der Waals surface area contributed by atoms with Crippen LogP contribution in [0.15, 0.2) is 29.2 Å². The number of carboxylic acids is 1. The van der Waals surface area contributed by atoms with Gasteiger partial charge in [-0.25, -0.2) is 13.2 Å². The Balaban J connectivity index is 2.69. The summed E-state index contributed by atoms with van der Waals surface area (Å²) < 4.78 is 27.7. The highest BCUT2D eigenvalue weighted by molar-refractivity contribution is 7.90. The van der Waals surface area contributed by atoms with Crippen molar-refractivity contribution in [1.29, 1.82) is 0 Å². The van der Waals surface area contributed by atoms with E-state index < -0.39 is 27.8 Å². The highest BCUT2D eigenvalue weighted by atomic mass is 32.2. The average molecular weight is 301 g/mol. The van der Waals surface area contributed by atoms with Gasteiger partial charge < -0.3 is 15.2 Å². The van der Waals surface area contributed by atoms with Crippen LogP contribution in [-0.4, -0.2) is 44.3 Å². The van der Waals surface area contributed by atoms with Gasteiger partial charge in [0.25, 0.3) is 0 Å². The molecule has 7 nitrogen and oxygen atoms in total. The number of sulfone groups is 1. The Bertz CT molecular complexity index is 593. The van der Waals surface area contributed by atoms with E-state index in [1.807, 2.05) is 0 Å². The molecule has 0 aliphatic heterocycles. The lowest BCUT2D eigenvalue weighted by Crippen LogP contribution is -2.43. The maximum atomic E-state index is 11.3. The van der Waals surface area contributed by atoms with Crippen LogP contribution in [0.5, 0.6) is 5.75 Å². The van der Waals surface area contributed by atoms with Gasteiger partial charge in [-0.05, 0) is 24.3 Å². The maximum Gasteiger partial charge on any atom is 0.329 e. The maximum absolute atomic E-state index is 11.3. The summed E-state index contributed by atoms with van der Waals surface area (Å²) in [6.45, 7) is 0.948. The van der Waals surface area contributed by atoms with E-state index in [1.54, 1.807) is 0 Å². The van der Waals surface area contributed by atoms with Crippen LogP contribution in [0.3, 0.4) is 0 Å². The quantitative estimate of drug-likeness (QED) is 0.768. The lowest BCUT2D eigenvalue weighted by molar-refractivity contribution is -0.142. The molecule has 20 heavy (non-hydrogen) atoms. The number of hydrogen-bond donors (Lipinski definition) is 2. The third-order valence-corrected chi connectivity index (χ3v) is 3.47. The average Bonchev–Trinajstić information content (AvgIpc) is 2.33. The number of aliphatic carboxylic acids is 1. The summed E-state index contributed by atoms with van der Waals surface area (Å²) in [5, 5.41) is 11.1. The Morgan fingerprint density at radius 1 is 1.30 bits per heavy atom. The van der Waals surface area contributed by atoms with Crippen LogP contribution in [0, 0.1) is 0 Å². The zero-order valence-corrected chi connectivity index (χ0v) is 11.8. The zero-order chi connectivity index (χ0) is 15.3. The number of carboxylic acid groups (broad SMARTS) is 1. The summed E-state index contributed by atoms with van der Waals surface area (Å²) in [5.41, 5.74) is 0. The third-order valence-electron chi connectivity index (χ3n) is 2.34. The molecule has 0 aromatic heterocycles. The minimum atomic E-state index is -3.29. The first kappa shape index (κ1) is 16.0. The first-order valence-corrected chi connectivity index (χ1v) is 7.52. The van der Waals surface area contributed by atoms with Gasteiger partial charge in [0, 0.05) is 13.2 Å². The number of benzene rings is 1. The van der Waals surface area contributed by atoms with Crippen LogP contribution in [-0.2, 0) is 19.4 Å². The minimum Gasteiger partial charge on any atom is -0.491 e. The zero-order valence-electron chi connectivity index (χ0n) is 11.0. The Morgan fingerprint density at radius 3 is 2.25 bits per heavy atom. The van der Waals surface area contributed by atoms with Gasteiger partial charge in [-0.15, -0.1) is 0 Å². The van der Waals surface area contributed by atoms with E-state index in [-0.39, 0.29) is 11.5 Å². The fourth-order valence-electron chi connectivity index (χ4n) is 1.38. The Labute approximate surface area is 116 Å². The van der Waals surface area contributed by atoms with Gasteiger partial charge in [-0.1, -0.05) is 0 Å². The summed E-state index contributed by atoms with van der Waals surface area (Å²) in [7, 11) is -3.29. The van der Waals surface area contributed by atoms with Crippen LogP contribution in [0.1, 0.15) is 6.92 Å². The number of ether oxygens (including phenoxy) is 1. The van der Waals surface area contributed by atoms with Crippen molar-refractivity contribution in [2.24, 2.45) is 0 Å². The fourth-order valence-corrected chi connectivity index (χ4v) is 2.01. The van der Waals surface area contributed by atoms with Crippen molar-refractivity contribution in [3.8, 4) is 5.75 Å². The molecule has 1 amide bonds. The molecule has 0 bridgehead atoms. The van der Waals surface area contributed by atoms with Crippen molar-refractivity contribution in [3.05, 3.63) is 24.3 Å². The molecule has 0 spiro atoms. The number of carbonyl (C=O) groups is 2. The number of carbonyl (C=O) groups excluding carboxylic acids is 1. The highest BCUT2D eigenvalue weighted by Crippen LogP contribution is 2.15. The molecule has 0 saturated heterocycles. The lowest BCUT2D eigenvalue weighted by Gasteiger charge is -2.14. The molecule has 8 heteroatoms. The second-order valence-electron chi connectivity index (χ2n) is 4.15. The summed E-state index contributed by atoms with van der Waals surface area (Å²) >= 11 is 0. The van der Waals surface area contributed by atoms with Gasteiger partial charge in [-0.2, -0.15) is 0 Å². The second-order valence-corrected chi connectivity index (χ2v) is 6.16. The van der Waals surface area contributed by atoms with Gasteiger partial charge >= 0.3 is 5.97 Å². The normalized spacial score (nSPS) is 12.5. The SMILES string of the molecule is CC(=O)NC(COc1ccc(S(C)(=O)=O)cc1)C(=O)O. The van der Waals surface area contributed by atoms with E-state index in [2.05, 4.69) is 5.32 Å².